The van der Waals surface area contributed by atoms with Gasteiger partial charge in [0.1, 0.15) is 28.4 Å². The Morgan fingerprint density at radius 2 is 1.93 bits per heavy atom. The van der Waals surface area contributed by atoms with Crippen molar-refractivity contribution in [1.82, 2.24) is 15.1 Å². The Labute approximate surface area is 248 Å². The van der Waals surface area contributed by atoms with E-state index in [4.69, 9.17) is 9.16 Å². The predicted molar refractivity (Wildman–Crippen MR) is 166 cm³/mol. The van der Waals surface area contributed by atoms with Gasteiger partial charge in [0, 0.05) is 29.6 Å². The Kier molecular flexibility index (Phi) is 7.88. The summed E-state index contributed by atoms with van der Waals surface area (Å²) in [4.78, 5) is 15.2. The van der Waals surface area contributed by atoms with Crippen LogP contribution in [0.4, 0.5) is 0 Å². The van der Waals surface area contributed by atoms with Gasteiger partial charge in [0.05, 0.1) is 11.7 Å². The van der Waals surface area contributed by atoms with Gasteiger partial charge in [0.25, 0.3) is 0 Å². The molecule has 5 rings (SSSR count). The topological polar surface area (TPSA) is 88.3 Å². The lowest BCUT2D eigenvalue weighted by Crippen LogP contribution is -2.44. The second-order valence-corrected chi connectivity index (χ2v) is 18.9. The first-order valence-electron chi connectivity index (χ1n) is 14.4. The first-order chi connectivity index (χ1) is 19.3. The van der Waals surface area contributed by atoms with Crippen LogP contribution in [0.25, 0.3) is 21.1 Å². The number of nitriles is 1. The number of carbonyl (C=O) groups excluding carboxylic acids is 1. The highest BCUT2D eigenvalue weighted by Gasteiger charge is 2.46. The number of fused-ring (bicyclic) bond motifs is 2. The molecule has 0 bridgehead atoms. The van der Waals surface area contributed by atoms with E-state index in [9.17, 15) is 10.1 Å². The Balaban J connectivity index is 1.34. The number of rotatable bonds is 7. The maximum atomic E-state index is 13.2. The molecule has 1 atom stereocenters. The summed E-state index contributed by atoms with van der Waals surface area (Å²) >= 11 is 1.54. The number of hydrogen-bond donors (Lipinski definition) is 0. The summed E-state index contributed by atoms with van der Waals surface area (Å²) in [7, 11) is -1.98. The minimum absolute atomic E-state index is 0.00905. The minimum Gasteiger partial charge on any atom is -0.490 e. The molecule has 1 unspecified atom stereocenters. The van der Waals surface area contributed by atoms with E-state index >= 15 is 0 Å². The largest absolute Gasteiger partial charge is 0.490 e. The molecule has 1 saturated heterocycles. The lowest BCUT2D eigenvalue weighted by Gasteiger charge is -2.36. The predicted octanol–water partition coefficient (Wildman–Crippen LogP) is 6.97. The SMILES string of the molecule is CC(C)Oc1ccc(-c2nnc(-c3cccc4c3CCC43CCN(C(=O)CO[Si](C)(C)C(C)(C)C)C3)s2)cc1C#N. The lowest BCUT2D eigenvalue weighted by atomic mass is 9.81. The third-order valence-electron chi connectivity index (χ3n) is 9.04. The first-order valence-corrected chi connectivity index (χ1v) is 18.2. The number of benzene rings is 2. The second kappa shape index (κ2) is 11.0. The van der Waals surface area contributed by atoms with Crippen molar-refractivity contribution in [3.63, 3.8) is 0 Å². The van der Waals surface area contributed by atoms with Crippen molar-refractivity contribution in [1.29, 1.82) is 5.26 Å². The molecule has 0 N–H and O–H groups in total. The molecule has 9 heteroatoms. The van der Waals surface area contributed by atoms with E-state index in [-0.39, 0.29) is 29.1 Å². The number of aromatic nitrogens is 2. The molecule has 1 aromatic heterocycles. The highest BCUT2D eigenvalue weighted by atomic mass is 32.1. The van der Waals surface area contributed by atoms with Gasteiger partial charge in [-0.15, -0.1) is 10.2 Å². The van der Waals surface area contributed by atoms with Gasteiger partial charge in [-0.3, -0.25) is 4.79 Å². The van der Waals surface area contributed by atoms with Crippen molar-refractivity contribution in [3.05, 3.63) is 53.1 Å². The number of ether oxygens (including phenoxy) is 1. The van der Waals surface area contributed by atoms with Gasteiger partial charge in [-0.25, -0.2) is 0 Å². The number of hydrogen-bond acceptors (Lipinski definition) is 7. The molecule has 1 fully saturated rings. The van der Waals surface area contributed by atoms with Crippen LogP contribution in [0.2, 0.25) is 18.1 Å². The zero-order valence-electron chi connectivity index (χ0n) is 25.2. The highest BCUT2D eigenvalue weighted by molar-refractivity contribution is 7.17. The van der Waals surface area contributed by atoms with E-state index in [0.29, 0.717) is 11.3 Å². The van der Waals surface area contributed by atoms with Crippen molar-refractivity contribution < 1.29 is 14.0 Å². The number of amides is 1. The number of nitrogens with zero attached hydrogens (tertiary/aromatic N) is 4. The van der Waals surface area contributed by atoms with Gasteiger partial charge in [0.15, 0.2) is 8.32 Å². The van der Waals surface area contributed by atoms with Gasteiger partial charge in [-0.2, -0.15) is 5.26 Å². The van der Waals surface area contributed by atoms with E-state index in [2.05, 4.69) is 68.3 Å². The van der Waals surface area contributed by atoms with Gasteiger partial charge in [0.2, 0.25) is 5.91 Å². The summed E-state index contributed by atoms with van der Waals surface area (Å²) in [6.45, 7) is 16.6. The molecule has 2 aromatic carbocycles. The zero-order chi connectivity index (χ0) is 29.6. The summed E-state index contributed by atoms with van der Waals surface area (Å²) in [5.41, 5.74) is 5.12. The Hall–Kier alpha value is -3.06. The number of carbonyl (C=O) groups is 1. The van der Waals surface area contributed by atoms with Crippen LogP contribution < -0.4 is 4.74 Å². The van der Waals surface area contributed by atoms with E-state index in [0.717, 1.165) is 53.5 Å². The molecule has 41 heavy (non-hydrogen) atoms. The normalized spacial score (nSPS) is 18.7. The van der Waals surface area contributed by atoms with Gasteiger partial charge in [-0.1, -0.05) is 50.3 Å². The van der Waals surface area contributed by atoms with Crippen LogP contribution in [-0.2, 0) is 21.1 Å². The molecule has 7 nitrogen and oxygen atoms in total. The van der Waals surface area contributed by atoms with Crippen LogP contribution in [0.3, 0.4) is 0 Å². The Bertz CT molecular complexity index is 1500. The third-order valence-corrected chi connectivity index (χ3v) is 14.5. The molecule has 1 spiro atoms. The summed E-state index contributed by atoms with van der Waals surface area (Å²) in [5, 5.41) is 20.4. The van der Waals surface area contributed by atoms with Crippen LogP contribution in [-0.4, -0.2) is 55.1 Å². The van der Waals surface area contributed by atoms with Crippen molar-refractivity contribution in [2.45, 2.75) is 83.5 Å². The molecule has 0 radical (unpaired) electrons. The van der Waals surface area contributed by atoms with Crippen molar-refractivity contribution in [2.75, 3.05) is 19.7 Å². The van der Waals surface area contributed by atoms with Crippen LogP contribution in [0.15, 0.2) is 36.4 Å². The molecule has 1 aliphatic heterocycles. The summed E-state index contributed by atoms with van der Waals surface area (Å²) < 4.78 is 12.0. The fourth-order valence-electron chi connectivity index (χ4n) is 5.67. The zero-order valence-corrected chi connectivity index (χ0v) is 27.0. The van der Waals surface area contributed by atoms with E-state index in [1.165, 1.54) is 11.1 Å². The second-order valence-electron chi connectivity index (χ2n) is 13.1. The molecular weight excluding hydrogens is 549 g/mol. The Morgan fingerprint density at radius 1 is 1.17 bits per heavy atom. The standard InChI is InChI=1S/C32H40N4O3SSi/c1-21(2)39-27-12-11-22(17-23(27)18-33)29-34-35-30(40-29)25-9-8-10-26-24(25)13-14-32(26)15-16-36(20-32)28(37)19-38-41(6,7)31(3,4)5/h8-12,17,21H,13-16,19-20H2,1-7H3. The third kappa shape index (κ3) is 5.70. The fourth-order valence-corrected chi connectivity index (χ4v) is 7.48. The van der Waals surface area contributed by atoms with Crippen LogP contribution in [0.5, 0.6) is 5.75 Å². The minimum atomic E-state index is -1.98. The van der Waals surface area contributed by atoms with Crippen LogP contribution in [0.1, 0.15) is 64.2 Å². The maximum Gasteiger partial charge on any atom is 0.247 e. The fraction of sp³-hybridized carbons (Fsp3) is 0.500. The number of likely N-dealkylation sites (tertiary alicyclic amines) is 1. The maximum absolute atomic E-state index is 13.2. The molecule has 2 heterocycles. The van der Waals surface area contributed by atoms with E-state index in [1.54, 1.807) is 11.3 Å². The monoisotopic (exact) mass is 588 g/mol. The van der Waals surface area contributed by atoms with Crippen molar-refractivity contribution in [3.8, 4) is 33.0 Å². The summed E-state index contributed by atoms with van der Waals surface area (Å²) in [6, 6.07) is 14.3. The molecule has 1 amide bonds. The molecule has 216 valence electrons. The van der Waals surface area contributed by atoms with E-state index in [1.807, 2.05) is 36.9 Å². The van der Waals surface area contributed by atoms with Crippen LogP contribution >= 0.6 is 11.3 Å². The average Bonchev–Trinajstić information content (AvgIpc) is 3.66. The highest BCUT2D eigenvalue weighted by Crippen LogP contribution is 2.49. The van der Waals surface area contributed by atoms with Crippen LogP contribution in [0, 0.1) is 11.3 Å². The molecular formula is C32H40N4O3SSi. The summed E-state index contributed by atoms with van der Waals surface area (Å²) in [5.74, 6) is 0.685. The smallest absolute Gasteiger partial charge is 0.247 e. The summed E-state index contributed by atoms with van der Waals surface area (Å²) in [6.07, 6.45) is 2.95. The average molecular weight is 589 g/mol. The quantitative estimate of drug-likeness (QED) is 0.277. The Morgan fingerprint density at radius 3 is 2.63 bits per heavy atom. The van der Waals surface area contributed by atoms with Gasteiger partial charge in [-0.05, 0) is 80.6 Å². The molecule has 2 aliphatic rings. The molecule has 0 saturated carbocycles. The van der Waals surface area contributed by atoms with Crippen molar-refractivity contribution >= 4 is 25.6 Å². The van der Waals surface area contributed by atoms with Crippen molar-refractivity contribution in [2.24, 2.45) is 0 Å². The van der Waals surface area contributed by atoms with Gasteiger partial charge >= 0.3 is 0 Å². The molecule has 1 aliphatic carbocycles. The first kappa shape index (κ1) is 29.4. The van der Waals surface area contributed by atoms with E-state index < -0.39 is 8.32 Å². The molecule has 3 aromatic rings. The lowest BCUT2D eigenvalue weighted by molar-refractivity contribution is -0.132. The van der Waals surface area contributed by atoms with Gasteiger partial charge < -0.3 is 14.1 Å².